The van der Waals surface area contributed by atoms with E-state index in [0.717, 1.165) is 15.6 Å². The van der Waals surface area contributed by atoms with Gasteiger partial charge in [-0.1, -0.05) is 46.3 Å². The number of carbonyl (C=O) groups excluding carboxylic acids is 2. The van der Waals surface area contributed by atoms with Gasteiger partial charge in [-0.15, -0.1) is 0 Å². The predicted molar refractivity (Wildman–Crippen MR) is 128 cm³/mol. The van der Waals surface area contributed by atoms with Gasteiger partial charge in [-0.05, 0) is 57.4 Å². The largest absolute Gasteiger partial charge is 0.489 e. The lowest BCUT2D eigenvalue weighted by molar-refractivity contribution is -0.121. The van der Waals surface area contributed by atoms with Crippen LogP contribution in [0.2, 0.25) is 0 Å². The highest BCUT2D eigenvalue weighted by molar-refractivity contribution is 9.10. The van der Waals surface area contributed by atoms with Crippen molar-refractivity contribution in [1.82, 2.24) is 10.2 Å². The van der Waals surface area contributed by atoms with Crippen LogP contribution >= 0.6 is 15.9 Å². The first-order valence-corrected chi connectivity index (χ1v) is 11.7. The summed E-state index contributed by atoms with van der Waals surface area (Å²) in [7, 11) is 0. The number of halogens is 1. The number of piperidine rings is 1. The number of nitrogens with one attached hydrogen (secondary N) is 1. The molecule has 1 N–H and O–H groups in total. The molecule has 0 aromatic heterocycles. The Balaban J connectivity index is 1.52. The van der Waals surface area contributed by atoms with Crippen LogP contribution in [0.3, 0.4) is 0 Å². The molecule has 0 aliphatic carbocycles. The molecular weight excluding hydrogens is 472 g/mol. The molecular formula is C25H31BrN2O4. The minimum atomic E-state index is -0.508. The summed E-state index contributed by atoms with van der Waals surface area (Å²) in [5, 5.41) is 3.11. The first kappa shape index (κ1) is 24.1. The van der Waals surface area contributed by atoms with Crippen LogP contribution in [-0.2, 0) is 22.6 Å². The summed E-state index contributed by atoms with van der Waals surface area (Å²) in [4.78, 5) is 26.7. The summed E-state index contributed by atoms with van der Waals surface area (Å²) in [6, 6.07) is 15.7. The molecule has 0 saturated carbocycles. The Kier molecular flexibility index (Phi) is 8.18. The molecule has 1 fully saturated rings. The van der Waals surface area contributed by atoms with Crippen molar-refractivity contribution in [2.24, 2.45) is 0 Å². The molecule has 1 aliphatic heterocycles. The summed E-state index contributed by atoms with van der Waals surface area (Å²) in [5.41, 5.74) is 1.40. The van der Waals surface area contributed by atoms with E-state index in [0.29, 0.717) is 38.3 Å². The zero-order valence-electron chi connectivity index (χ0n) is 18.9. The number of hydrogen-bond donors (Lipinski definition) is 1. The second kappa shape index (κ2) is 10.9. The number of rotatable bonds is 6. The number of nitrogens with zero attached hydrogens (tertiary/aromatic N) is 1. The Hall–Kier alpha value is -2.54. The molecule has 2 amide bonds. The van der Waals surface area contributed by atoms with E-state index >= 15 is 0 Å². The van der Waals surface area contributed by atoms with E-state index in [1.54, 1.807) is 4.90 Å². The van der Waals surface area contributed by atoms with Crippen LogP contribution in [-0.4, -0.2) is 41.6 Å². The molecule has 6 nitrogen and oxygen atoms in total. The van der Waals surface area contributed by atoms with Crippen molar-refractivity contribution in [1.29, 1.82) is 0 Å². The topological polar surface area (TPSA) is 67.9 Å². The number of likely N-dealkylation sites (tertiary alicyclic amines) is 1. The smallest absolute Gasteiger partial charge is 0.410 e. The predicted octanol–water partition coefficient (Wildman–Crippen LogP) is 5.09. The maximum atomic E-state index is 12.7. The average Bonchev–Trinajstić information content (AvgIpc) is 2.73. The first-order chi connectivity index (χ1) is 15.2. The van der Waals surface area contributed by atoms with Gasteiger partial charge in [0.1, 0.15) is 18.0 Å². The maximum absolute atomic E-state index is 12.7. The van der Waals surface area contributed by atoms with E-state index in [9.17, 15) is 9.59 Å². The Bertz CT molecular complexity index is 919. The van der Waals surface area contributed by atoms with Gasteiger partial charge in [0.05, 0.1) is 6.42 Å². The molecule has 0 spiro atoms. The van der Waals surface area contributed by atoms with E-state index in [1.807, 2.05) is 69.3 Å². The quantitative estimate of drug-likeness (QED) is 0.597. The maximum Gasteiger partial charge on any atom is 0.410 e. The average molecular weight is 503 g/mol. The lowest BCUT2D eigenvalue weighted by atomic mass is 10.0. The summed E-state index contributed by atoms with van der Waals surface area (Å²) in [5.74, 6) is 0.648. The summed E-state index contributed by atoms with van der Waals surface area (Å²) in [6.07, 6.45) is 1.36. The fourth-order valence-electron chi connectivity index (χ4n) is 3.55. The molecule has 0 radical (unpaired) electrons. The minimum absolute atomic E-state index is 0.0435. The molecule has 2 aromatic carbocycles. The molecule has 7 heteroatoms. The molecule has 32 heavy (non-hydrogen) atoms. The lowest BCUT2D eigenvalue weighted by Crippen LogP contribution is -2.48. The molecule has 1 heterocycles. The number of carbonyl (C=O) groups is 2. The Morgan fingerprint density at radius 1 is 1.09 bits per heavy atom. The van der Waals surface area contributed by atoms with Crippen LogP contribution in [0.4, 0.5) is 4.79 Å². The van der Waals surface area contributed by atoms with E-state index in [1.165, 1.54) is 0 Å². The third-order valence-corrected chi connectivity index (χ3v) is 5.62. The van der Waals surface area contributed by atoms with Crippen molar-refractivity contribution in [2.75, 3.05) is 13.1 Å². The highest BCUT2D eigenvalue weighted by atomic mass is 79.9. The summed E-state index contributed by atoms with van der Waals surface area (Å²) >= 11 is 3.48. The van der Waals surface area contributed by atoms with Crippen molar-refractivity contribution in [3.63, 3.8) is 0 Å². The van der Waals surface area contributed by atoms with E-state index < -0.39 is 5.60 Å². The second-order valence-electron chi connectivity index (χ2n) is 9.01. The Morgan fingerprint density at radius 2 is 1.78 bits per heavy atom. The van der Waals surface area contributed by atoms with Gasteiger partial charge in [0.25, 0.3) is 0 Å². The lowest BCUT2D eigenvalue weighted by Gasteiger charge is -2.33. The number of ether oxygens (including phenoxy) is 2. The van der Waals surface area contributed by atoms with E-state index in [4.69, 9.17) is 9.47 Å². The molecule has 0 bridgehead atoms. The van der Waals surface area contributed by atoms with Gasteiger partial charge >= 0.3 is 6.09 Å². The highest BCUT2D eigenvalue weighted by Crippen LogP contribution is 2.25. The van der Waals surface area contributed by atoms with Crippen molar-refractivity contribution in [2.45, 2.75) is 58.3 Å². The van der Waals surface area contributed by atoms with Gasteiger partial charge in [-0.25, -0.2) is 4.79 Å². The van der Waals surface area contributed by atoms with Crippen LogP contribution in [0, 0.1) is 0 Å². The fourth-order valence-corrected chi connectivity index (χ4v) is 3.96. The van der Waals surface area contributed by atoms with E-state index in [2.05, 4.69) is 21.2 Å². The van der Waals surface area contributed by atoms with Gasteiger partial charge in [-0.3, -0.25) is 4.79 Å². The van der Waals surface area contributed by atoms with Crippen molar-refractivity contribution in [3.05, 3.63) is 64.1 Å². The van der Waals surface area contributed by atoms with Crippen LogP contribution in [0.25, 0.3) is 0 Å². The molecule has 1 saturated heterocycles. The fraction of sp³-hybridized carbons (Fsp3) is 0.440. The van der Waals surface area contributed by atoms with Crippen molar-refractivity contribution < 1.29 is 19.1 Å². The minimum Gasteiger partial charge on any atom is -0.489 e. The SMILES string of the molecule is CC(C)(C)OC(=O)N1CCC(NC(=O)Cc2cc(Br)ccc2OCc2ccccc2)CC1. The standard InChI is InChI=1S/C25H31BrN2O4/c1-25(2,3)32-24(30)28-13-11-21(12-14-28)27-23(29)16-19-15-20(26)9-10-22(19)31-17-18-7-5-4-6-8-18/h4-10,15,21H,11-14,16-17H2,1-3H3,(H,27,29). The van der Waals surface area contributed by atoms with Crippen LogP contribution < -0.4 is 10.1 Å². The van der Waals surface area contributed by atoms with Crippen LogP contribution in [0.1, 0.15) is 44.7 Å². The Morgan fingerprint density at radius 3 is 2.44 bits per heavy atom. The molecule has 172 valence electrons. The summed E-state index contributed by atoms with van der Waals surface area (Å²) < 4.78 is 12.3. The van der Waals surface area contributed by atoms with Gasteiger partial charge in [0, 0.05) is 29.2 Å². The van der Waals surface area contributed by atoms with Crippen LogP contribution in [0.15, 0.2) is 53.0 Å². The van der Waals surface area contributed by atoms with Gasteiger partial charge in [-0.2, -0.15) is 0 Å². The summed E-state index contributed by atoms with van der Waals surface area (Å²) in [6.45, 7) is 7.16. The molecule has 2 aromatic rings. The van der Waals surface area contributed by atoms with Crippen molar-refractivity contribution >= 4 is 27.9 Å². The first-order valence-electron chi connectivity index (χ1n) is 10.9. The zero-order valence-corrected chi connectivity index (χ0v) is 20.5. The third-order valence-electron chi connectivity index (χ3n) is 5.12. The van der Waals surface area contributed by atoms with Gasteiger partial charge < -0.3 is 19.7 Å². The monoisotopic (exact) mass is 502 g/mol. The molecule has 3 rings (SSSR count). The molecule has 1 aliphatic rings. The highest BCUT2D eigenvalue weighted by Gasteiger charge is 2.27. The van der Waals surface area contributed by atoms with Gasteiger partial charge in [0.2, 0.25) is 5.91 Å². The molecule has 0 atom stereocenters. The third kappa shape index (κ3) is 7.55. The van der Waals surface area contributed by atoms with E-state index in [-0.39, 0.29) is 24.5 Å². The van der Waals surface area contributed by atoms with Gasteiger partial charge in [0.15, 0.2) is 0 Å². The number of benzene rings is 2. The zero-order chi connectivity index (χ0) is 23.1. The normalized spacial score (nSPS) is 14.7. The Labute approximate surface area is 198 Å². The van der Waals surface area contributed by atoms with Crippen LogP contribution in [0.5, 0.6) is 5.75 Å². The second-order valence-corrected chi connectivity index (χ2v) is 9.93. The number of amides is 2. The van der Waals surface area contributed by atoms with Crippen molar-refractivity contribution in [3.8, 4) is 5.75 Å². The molecule has 0 unspecified atom stereocenters. The number of hydrogen-bond acceptors (Lipinski definition) is 4.